The van der Waals surface area contributed by atoms with Crippen molar-refractivity contribution in [3.8, 4) is 5.75 Å². The average molecular weight is 489 g/mol. The molecule has 1 aliphatic heterocycles. The molecule has 192 valence electrons. The number of carboxylic acids is 1. The van der Waals surface area contributed by atoms with Crippen molar-refractivity contribution in [2.24, 2.45) is 11.8 Å². The molecule has 4 rings (SSSR count). The van der Waals surface area contributed by atoms with Gasteiger partial charge in [-0.15, -0.1) is 0 Å². The summed E-state index contributed by atoms with van der Waals surface area (Å²) in [6, 6.07) is 17.0. The lowest BCUT2D eigenvalue weighted by Crippen LogP contribution is -2.41. The van der Waals surface area contributed by atoms with Gasteiger partial charge in [-0.2, -0.15) is 0 Å². The number of hydrogen-bond donors (Lipinski definition) is 1. The van der Waals surface area contributed by atoms with Gasteiger partial charge in [0.1, 0.15) is 5.75 Å². The zero-order chi connectivity index (χ0) is 25.3. The van der Waals surface area contributed by atoms with Gasteiger partial charge in [0.25, 0.3) is 0 Å². The van der Waals surface area contributed by atoms with Crippen molar-refractivity contribution in [1.82, 2.24) is 9.88 Å². The van der Waals surface area contributed by atoms with Crippen LogP contribution in [0.2, 0.25) is 0 Å². The van der Waals surface area contributed by atoms with E-state index in [0.29, 0.717) is 11.8 Å². The Bertz CT molecular complexity index is 1130. The highest BCUT2D eigenvalue weighted by atomic mass is 16.5. The number of fused-ring (bicyclic) bond motifs is 1. The summed E-state index contributed by atoms with van der Waals surface area (Å²) in [6.07, 6.45) is 9.64. The minimum absolute atomic E-state index is 0.271. The number of aliphatic carboxylic acids is 1. The number of hydrogen-bond acceptors (Lipinski definition) is 4. The second kappa shape index (κ2) is 12.9. The van der Waals surface area contributed by atoms with E-state index in [1.807, 2.05) is 18.3 Å². The fourth-order valence-corrected chi connectivity index (χ4v) is 5.72. The highest BCUT2D eigenvalue weighted by molar-refractivity contribution is 5.83. The Kier molecular flexibility index (Phi) is 9.35. The van der Waals surface area contributed by atoms with Crippen LogP contribution in [0.3, 0.4) is 0 Å². The molecule has 5 heteroatoms. The third-order valence-corrected chi connectivity index (χ3v) is 7.82. The second-order valence-corrected chi connectivity index (χ2v) is 10.4. The molecule has 5 nitrogen and oxygen atoms in total. The predicted molar refractivity (Wildman–Crippen MR) is 146 cm³/mol. The minimum Gasteiger partial charge on any atom is -0.497 e. The van der Waals surface area contributed by atoms with Gasteiger partial charge in [-0.1, -0.05) is 29.8 Å². The Labute approximate surface area is 215 Å². The smallest absolute Gasteiger partial charge is 0.303 e. The van der Waals surface area contributed by atoms with Gasteiger partial charge in [0, 0.05) is 24.5 Å². The number of pyridine rings is 1. The zero-order valence-electron chi connectivity index (χ0n) is 21.8. The van der Waals surface area contributed by atoms with Gasteiger partial charge in [-0.25, -0.2) is 0 Å². The van der Waals surface area contributed by atoms with Crippen molar-refractivity contribution in [2.75, 3.05) is 26.7 Å². The summed E-state index contributed by atoms with van der Waals surface area (Å²) in [6.45, 7) is 5.37. The SMILES string of the molecule is COc1ccc2nccc(CCC[C@@H]3CCN(CCCc4ccc(C)cc4)C[C@@H]3CCC(=O)O)c2c1. The Hall–Kier alpha value is -2.92. The van der Waals surface area contributed by atoms with Crippen molar-refractivity contribution in [3.05, 3.63) is 71.4 Å². The van der Waals surface area contributed by atoms with E-state index in [1.54, 1.807) is 7.11 Å². The number of methoxy groups -OCH3 is 1. The van der Waals surface area contributed by atoms with E-state index in [4.69, 9.17) is 4.74 Å². The van der Waals surface area contributed by atoms with E-state index < -0.39 is 5.97 Å². The molecule has 1 aromatic heterocycles. The van der Waals surface area contributed by atoms with Gasteiger partial charge in [-0.05, 0) is 112 Å². The molecule has 0 spiro atoms. The van der Waals surface area contributed by atoms with Crippen LogP contribution < -0.4 is 4.74 Å². The molecule has 2 heterocycles. The molecular weight excluding hydrogens is 448 g/mol. The summed E-state index contributed by atoms with van der Waals surface area (Å²) in [4.78, 5) is 18.4. The summed E-state index contributed by atoms with van der Waals surface area (Å²) >= 11 is 0. The van der Waals surface area contributed by atoms with Crippen molar-refractivity contribution in [2.45, 2.75) is 58.3 Å². The predicted octanol–water partition coefficient (Wildman–Crippen LogP) is 6.31. The molecule has 2 aromatic carbocycles. The number of benzene rings is 2. The van der Waals surface area contributed by atoms with Gasteiger partial charge >= 0.3 is 5.97 Å². The van der Waals surface area contributed by atoms with Crippen LogP contribution in [0.25, 0.3) is 10.9 Å². The number of aromatic nitrogens is 1. The van der Waals surface area contributed by atoms with Crippen molar-refractivity contribution >= 4 is 16.9 Å². The number of nitrogens with zero attached hydrogens (tertiary/aromatic N) is 2. The normalized spacial score (nSPS) is 18.4. The van der Waals surface area contributed by atoms with Crippen molar-refractivity contribution in [3.63, 3.8) is 0 Å². The highest BCUT2D eigenvalue weighted by Crippen LogP contribution is 2.32. The van der Waals surface area contributed by atoms with Crippen LogP contribution in [0.1, 0.15) is 55.2 Å². The standard InChI is InChI=1S/C31H40N2O3/c1-23-8-10-24(11-9-23)5-4-19-33-20-17-25(27(22-33)12-15-31(34)35)6-3-7-26-16-18-32-30-14-13-28(36-2)21-29(26)30/h8-11,13-14,16,18,21,25,27H,3-7,12,15,17,19-20,22H2,1-2H3,(H,34,35)/t25-,27+/m1/s1. The topological polar surface area (TPSA) is 62.7 Å². The Morgan fingerprint density at radius 2 is 1.89 bits per heavy atom. The highest BCUT2D eigenvalue weighted by Gasteiger charge is 2.29. The first-order valence-corrected chi connectivity index (χ1v) is 13.4. The van der Waals surface area contributed by atoms with E-state index in [2.05, 4.69) is 53.2 Å². The lowest BCUT2D eigenvalue weighted by atomic mass is 9.79. The molecule has 1 saturated heterocycles. The quantitative estimate of drug-likeness (QED) is 0.324. The molecule has 2 atom stereocenters. The van der Waals surface area contributed by atoms with Crippen LogP contribution in [0.4, 0.5) is 0 Å². The lowest BCUT2D eigenvalue weighted by Gasteiger charge is -2.39. The average Bonchev–Trinajstić information content (AvgIpc) is 2.89. The Morgan fingerprint density at radius 1 is 1.06 bits per heavy atom. The number of rotatable bonds is 12. The molecule has 0 radical (unpaired) electrons. The summed E-state index contributed by atoms with van der Waals surface area (Å²) in [5, 5.41) is 10.5. The fraction of sp³-hybridized carbons (Fsp3) is 0.484. The number of ether oxygens (including phenoxy) is 1. The molecule has 3 aromatic rings. The lowest BCUT2D eigenvalue weighted by molar-refractivity contribution is -0.137. The van der Waals surface area contributed by atoms with E-state index in [1.165, 1.54) is 28.5 Å². The van der Waals surface area contributed by atoms with Crippen LogP contribution in [0, 0.1) is 18.8 Å². The molecular formula is C31H40N2O3. The van der Waals surface area contributed by atoms with Crippen molar-refractivity contribution in [1.29, 1.82) is 0 Å². The first-order valence-electron chi connectivity index (χ1n) is 13.4. The van der Waals surface area contributed by atoms with E-state index in [-0.39, 0.29) is 6.42 Å². The Balaban J connectivity index is 1.31. The second-order valence-electron chi connectivity index (χ2n) is 10.4. The van der Waals surface area contributed by atoms with E-state index >= 15 is 0 Å². The van der Waals surface area contributed by atoms with Gasteiger partial charge < -0.3 is 14.7 Å². The van der Waals surface area contributed by atoms with E-state index in [9.17, 15) is 9.90 Å². The molecule has 0 unspecified atom stereocenters. The number of carboxylic acid groups (broad SMARTS) is 1. The summed E-state index contributed by atoms with van der Waals surface area (Å²) in [5.74, 6) is 1.24. The molecule has 0 aliphatic carbocycles. The number of carbonyl (C=O) groups is 1. The minimum atomic E-state index is -0.678. The third kappa shape index (κ3) is 7.30. The molecule has 0 amide bonds. The van der Waals surface area contributed by atoms with Crippen LogP contribution in [-0.2, 0) is 17.6 Å². The van der Waals surface area contributed by atoms with Gasteiger partial charge in [0.05, 0.1) is 12.6 Å². The summed E-state index contributed by atoms with van der Waals surface area (Å²) in [7, 11) is 1.70. The fourth-order valence-electron chi connectivity index (χ4n) is 5.72. The molecule has 0 bridgehead atoms. The molecule has 1 fully saturated rings. The van der Waals surface area contributed by atoms with Crippen molar-refractivity contribution < 1.29 is 14.6 Å². The summed E-state index contributed by atoms with van der Waals surface area (Å²) in [5.41, 5.74) is 5.03. The van der Waals surface area contributed by atoms with Crippen LogP contribution >= 0.6 is 0 Å². The third-order valence-electron chi connectivity index (χ3n) is 7.82. The molecule has 1 aliphatic rings. The number of piperidine rings is 1. The maximum atomic E-state index is 11.3. The number of likely N-dealkylation sites (tertiary alicyclic amines) is 1. The van der Waals surface area contributed by atoms with E-state index in [0.717, 1.165) is 69.4 Å². The van der Waals surface area contributed by atoms with Gasteiger partial charge in [0.2, 0.25) is 0 Å². The van der Waals surface area contributed by atoms with Crippen LogP contribution in [0.5, 0.6) is 5.75 Å². The monoisotopic (exact) mass is 488 g/mol. The van der Waals surface area contributed by atoms with Gasteiger partial charge in [0.15, 0.2) is 0 Å². The molecule has 36 heavy (non-hydrogen) atoms. The number of aryl methyl sites for hydroxylation is 3. The van der Waals surface area contributed by atoms with Crippen LogP contribution in [-0.4, -0.2) is 47.7 Å². The maximum absolute atomic E-state index is 11.3. The molecule has 0 saturated carbocycles. The van der Waals surface area contributed by atoms with Crippen LogP contribution in [0.15, 0.2) is 54.7 Å². The molecule has 1 N–H and O–H groups in total. The van der Waals surface area contributed by atoms with Gasteiger partial charge in [-0.3, -0.25) is 9.78 Å². The largest absolute Gasteiger partial charge is 0.497 e. The maximum Gasteiger partial charge on any atom is 0.303 e. The zero-order valence-corrected chi connectivity index (χ0v) is 21.8. The summed E-state index contributed by atoms with van der Waals surface area (Å²) < 4.78 is 5.42. The first kappa shape index (κ1) is 26.2. The first-order chi connectivity index (χ1) is 17.5. The Morgan fingerprint density at radius 3 is 2.67 bits per heavy atom.